The molecule has 3 heteroatoms. The Kier molecular flexibility index (Phi) is 5.26. The third kappa shape index (κ3) is 3.91. The van der Waals surface area contributed by atoms with Crippen molar-refractivity contribution < 1.29 is 0 Å². The third-order valence-electron chi connectivity index (χ3n) is 5.16. The number of amidine groups is 1. The summed E-state index contributed by atoms with van der Waals surface area (Å²) in [7, 11) is 2.13. The first-order chi connectivity index (χ1) is 13.2. The number of fused-ring (bicyclic) bond motifs is 1. The number of aryl methyl sites for hydroxylation is 1. The summed E-state index contributed by atoms with van der Waals surface area (Å²) in [5.41, 5.74) is 4.96. The second-order valence-electron chi connectivity index (χ2n) is 7.01. The van der Waals surface area contributed by atoms with Gasteiger partial charge in [0.05, 0.1) is 0 Å². The van der Waals surface area contributed by atoms with Crippen LogP contribution in [0.2, 0.25) is 5.02 Å². The Labute approximate surface area is 166 Å². The zero-order chi connectivity index (χ0) is 18.6. The van der Waals surface area contributed by atoms with Crippen molar-refractivity contribution in [3.63, 3.8) is 0 Å². The number of aliphatic imine (C=N–C) groups is 1. The van der Waals surface area contributed by atoms with Gasteiger partial charge >= 0.3 is 0 Å². The molecule has 0 saturated carbocycles. The molecule has 4 rings (SSSR count). The van der Waals surface area contributed by atoms with Gasteiger partial charge in [0.25, 0.3) is 0 Å². The molecule has 0 aliphatic carbocycles. The van der Waals surface area contributed by atoms with Crippen molar-refractivity contribution in [2.75, 3.05) is 7.05 Å². The van der Waals surface area contributed by atoms with Crippen molar-refractivity contribution in [2.24, 2.45) is 4.99 Å². The molecule has 0 saturated heterocycles. The molecule has 0 amide bonds. The monoisotopic (exact) mass is 374 g/mol. The van der Waals surface area contributed by atoms with Gasteiger partial charge in [-0.15, -0.1) is 0 Å². The van der Waals surface area contributed by atoms with Gasteiger partial charge in [-0.3, -0.25) is 4.99 Å². The second kappa shape index (κ2) is 7.98. The van der Waals surface area contributed by atoms with E-state index >= 15 is 0 Å². The van der Waals surface area contributed by atoms with E-state index < -0.39 is 0 Å². The van der Waals surface area contributed by atoms with Gasteiger partial charge in [0.1, 0.15) is 11.9 Å². The molecule has 0 aromatic heterocycles. The van der Waals surface area contributed by atoms with Crippen LogP contribution in [0.5, 0.6) is 0 Å². The van der Waals surface area contributed by atoms with Gasteiger partial charge in [0, 0.05) is 25.0 Å². The van der Waals surface area contributed by atoms with Crippen LogP contribution >= 0.6 is 11.6 Å². The molecule has 0 N–H and O–H groups in total. The molecular weight excluding hydrogens is 352 g/mol. The average molecular weight is 375 g/mol. The van der Waals surface area contributed by atoms with Crippen LogP contribution in [0.1, 0.15) is 34.7 Å². The van der Waals surface area contributed by atoms with Gasteiger partial charge in [-0.1, -0.05) is 84.4 Å². The van der Waals surface area contributed by atoms with Gasteiger partial charge in [-0.25, -0.2) is 0 Å². The van der Waals surface area contributed by atoms with Crippen molar-refractivity contribution >= 4 is 17.4 Å². The number of nitrogens with zero attached hydrogens (tertiary/aromatic N) is 2. The fourth-order valence-corrected chi connectivity index (χ4v) is 3.94. The SMILES string of the molecule is CN1Cc2ccccc2C(c2ccccc2Cl)N=C1CCc1ccccc1. The van der Waals surface area contributed by atoms with Crippen LogP contribution in [0, 0.1) is 0 Å². The van der Waals surface area contributed by atoms with Gasteiger partial charge in [-0.05, 0) is 34.7 Å². The van der Waals surface area contributed by atoms with E-state index in [2.05, 4.69) is 72.6 Å². The predicted octanol–water partition coefficient (Wildman–Crippen LogP) is 5.91. The summed E-state index contributed by atoms with van der Waals surface area (Å²) in [6, 6.07) is 27.2. The van der Waals surface area contributed by atoms with E-state index in [-0.39, 0.29) is 6.04 Å². The molecule has 3 aromatic rings. The van der Waals surface area contributed by atoms with Crippen LogP contribution in [0.4, 0.5) is 0 Å². The van der Waals surface area contributed by atoms with Crippen molar-refractivity contribution in [1.29, 1.82) is 0 Å². The van der Waals surface area contributed by atoms with Crippen molar-refractivity contribution in [3.8, 4) is 0 Å². The van der Waals surface area contributed by atoms with E-state index in [1.54, 1.807) is 0 Å². The van der Waals surface area contributed by atoms with Crippen LogP contribution in [-0.2, 0) is 13.0 Å². The van der Waals surface area contributed by atoms with E-state index in [1.165, 1.54) is 16.7 Å². The van der Waals surface area contributed by atoms with Crippen molar-refractivity contribution in [2.45, 2.75) is 25.4 Å². The smallest absolute Gasteiger partial charge is 0.104 e. The van der Waals surface area contributed by atoms with E-state index in [4.69, 9.17) is 16.6 Å². The standard InChI is InChI=1S/C24H23ClN2/c1-27-17-19-11-5-6-12-20(19)24(21-13-7-8-14-22(21)25)26-23(27)16-15-18-9-3-2-4-10-18/h2-14,24H,15-17H2,1H3. The summed E-state index contributed by atoms with van der Waals surface area (Å²) >= 11 is 6.55. The molecule has 27 heavy (non-hydrogen) atoms. The number of rotatable bonds is 4. The summed E-state index contributed by atoms with van der Waals surface area (Å²) in [4.78, 5) is 7.48. The highest BCUT2D eigenvalue weighted by atomic mass is 35.5. The molecule has 0 radical (unpaired) electrons. The quantitative estimate of drug-likeness (QED) is 0.554. The molecule has 1 unspecified atom stereocenters. The van der Waals surface area contributed by atoms with Crippen molar-refractivity contribution in [1.82, 2.24) is 4.90 Å². The number of hydrogen-bond donors (Lipinski definition) is 0. The van der Waals surface area contributed by atoms with Crippen LogP contribution in [0.3, 0.4) is 0 Å². The fraction of sp³-hybridized carbons (Fsp3) is 0.208. The highest BCUT2D eigenvalue weighted by Crippen LogP contribution is 2.36. The minimum atomic E-state index is -0.0642. The van der Waals surface area contributed by atoms with Crippen LogP contribution in [0.25, 0.3) is 0 Å². The highest BCUT2D eigenvalue weighted by Gasteiger charge is 2.24. The number of hydrogen-bond acceptors (Lipinski definition) is 2. The first-order valence-corrected chi connectivity index (χ1v) is 9.74. The first kappa shape index (κ1) is 17.8. The molecule has 136 valence electrons. The topological polar surface area (TPSA) is 15.6 Å². The Morgan fingerprint density at radius 1 is 0.852 bits per heavy atom. The lowest BCUT2D eigenvalue weighted by molar-refractivity contribution is 0.490. The molecule has 3 aromatic carbocycles. The number of benzene rings is 3. The van der Waals surface area contributed by atoms with Crippen LogP contribution in [0.15, 0.2) is 83.9 Å². The summed E-state index contributed by atoms with van der Waals surface area (Å²) in [5, 5.41) is 0.771. The lowest BCUT2D eigenvalue weighted by Gasteiger charge is -2.20. The Balaban J connectivity index is 1.72. The van der Waals surface area contributed by atoms with E-state index in [9.17, 15) is 0 Å². The normalized spacial score (nSPS) is 16.4. The molecule has 0 fully saturated rings. The predicted molar refractivity (Wildman–Crippen MR) is 113 cm³/mol. The van der Waals surface area contributed by atoms with E-state index in [0.29, 0.717) is 0 Å². The molecule has 1 heterocycles. The van der Waals surface area contributed by atoms with Crippen LogP contribution in [-0.4, -0.2) is 17.8 Å². The maximum absolute atomic E-state index is 6.55. The Hall–Kier alpha value is -2.58. The Bertz CT molecular complexity index is 949. The summed E-state index contributed by atoms with van der Waals surface area (Å²) < 4.78 is 0. The first-order valence-electron chi connectivity index (χ1n) is 9.36. The fourth-order valence-electron chi connectivity index (χ4n) is 3.70. The summed E-state index contributed by atoms with van der Waals surface area (Å²) in [6.07, 6.45) is 1.89. The van der Waals surface area contributed by atoms with Gasteiger partial charge < -0.3 is 4.90 Å². The van der Waals surface area contributed by atoms with Gasteiger partial charge in [0.2, 0.25) is 0 Å². The molecular formula is C24H23ClN2. The lowest BCUT2D eigenvalue weighted by Crippen LogP contribution is -2.26. The molecule has 1 aliphatic heterocycles. The summed E-state index contributed by atoms with van der Waals surface area (Å²) in [5.74, 6) is 1.12. The van der Waals surface area contributed by atoms with Gasteiger partial charge in [0.15, 0.2) is 0 Å². The van der Waals surface area contributed by atoms with Gasteiger partial charge in [-0.2, -0.15) is 0 Å². The maximum atomic E-state index is 6.55. The highest BCUT2D eigenvalue weighted by molar-refractivity contribution is 6.31. The third-order valence-corrected chi connectivity index (χ3v) is 5.50. The summed E-state index contributed by atoms with van der Waals surface area (Å²) in [6.45, 7) is 0.866. The molecule has 0 spiro atoms. The zero-order valence-corrected chi connectivity index (χ0v) is 16.2. The zero-order valence-electron chi connectivity index (χ0n) is 15.5. The molecule has 0 bridgehead atoms. The molecule has 1 atom stereocenters. The largest absolute Gasteiger partial charge is 0.359 e. The lowest BCUT2D eigenvalue weighted by atomic mass is 9.95. The van der Waals surface area contributed by atoms with Crippen molar-refractivity contribution in [3.05, 3.63) is 106 Å². The average Bonchev–Trinajstić information content (AvgIpc) is 2.84. The molecule has 1 aliphatic rings. The van der Waals surface area contributed by atoms with Crippen LogP contribution < -0.4 is 0 Å². The van der Waals surface area contributed by atoms with E-state index in [1.807, 2.05) is 18.2 Å². The minimum absolute atomic E-state index is 0.0642. The maximum Gasteiger partial charge on any atom is 0.104 e. The van der Waals surface area contributed by atoms with E-state index in [0.717, 1.165) is 35.8 Å². The molecule has 2 nitrogen and oxygen atoms in total. The Morgan fingerprint density at radius 2 is 1.52 bits per heavy atom. The second-order valence-corrected chi connectivity index (χ2v) is 7.42. The number of halogens is 1. The minimum Gasteiger partial charge on any atom is -0.359 e. The Morgan fingerprint density at radius 3 is 2.30 bits per heavy atom.